The average Bonchev–Trinajstić information content (AvgIpc) is 2.86. The van der Waals surface area contributed by atoms with Crippen LogP contribution in [-0.2, 0) is 9.53 Å². The molecule has 0 aliphatic heterocycles. The number of ether oxygens (including phenoxy) is 1. The number of Topliss-reactive ketones (excluding diaryl/α,β-unsaturated/α-hetero) is 1. The van der Waals surface area contributed by atoms with Gasteiger partial charge in [-0.1, -0.05) is 20.8 Å². The van der Waals surface area contributed by atoms with Crippen molar-refractivity contribution in [2.75, 3.05) is 12.0 Å². The summed E-state index contributed by atoms with van der Waals surface area (Å²) >= 11 is 0. The maximum absolute atomic E-state index is 12.7. The molecule has 0 heterocycles. The Morgan fingerprint density at radius 2 is 1.96 bits per heavy atom. The van der Waals surface area contributed by atoms with Crippen LogP contribution in [0.15, 0.2) is 29.4 Å². The smallest absolute Gasteiger partial charge is 0.338 e. The van der Waals surface area contributed by atoms with Gasteiger partial charge in [0.25, 0.3) is 0 Å². The first kappa shape index (κ1) is 16.7. The SMILES string of the molecule is CCOC(=O)c1ccc(N/N=C2\C(=O)[C@@]3(C)CC[C@H]2C3(C)C)cc1. The molecular weight excluding hydrogens is 304 g/mol. The standard InChI is InChI=1S/C19H24N2O3/c1-5-24-17(23)12-6-8-13(9-7-12)20-21-15-14-10-11-19(4,16(15)22)18(14,2)3/h6-9,14,20H,5,10-11H2,1-4H3/b21-15-/t14-,19-/m1/s1. The third kappa shape index (κ3) is 2.34. The van der Waals surface area contributed by atoms with Gasteiger partial charge >= 0.3 is 5.97 Å². The predicted molar refractivity (Wildman–Crippen MR) is 93.1 cm³/mol. The molecule has 128 valence electrons. The minimum atomic E-state index is -0.340. The molecule has 1 aromatic carbocycles. The third-order valence-electron chi connectivity index (χ3n) is 5.99. The van der Waals surface area contributed by atoms with Gasteiger partial charge in [-0.2, -0.15) is 5.10 Å². The molecule has 2 fully saturated rings. The predicted octanol–water partition coefficient (Wildman–Crippen LogP) is 3.66. The summed E-state index contributed by atoms with van der Waals surface area (Å²) in [4.78, 5) is 24.4. The number of fused-ring (bicyclic) bond motifs is 2. The molecule has 2 aliphatic rings. The normalized spacial score (nSPS) is 29.1. The lowest BCUT2D eigenvalue weighted by Gasteiger charge is -2.31. The van der Waals surface area contributed by atoms with Gasteiger partial charge in [0.15, 0.2) is 5.78 Å². The monoisotopic (exact) mass is 328 g/mol. The molecule has 0 saturated heterocycles. The van der Waals surface area contributed by atoms with Crippen molar-refractivity contribution in [1.29, 1.82) is 0 Å². The van der Waals surface area contributed by atoms with E-state index in [2.05, 4.69) is 31.3 Å². The number of nitrogens with zero attached hydrogens (tertiary/aromatic N) is 1. The van der Waals surface area contributed by atoms with E-state index < -0.39 is 0 Å². The zero-order chi connectivity index (χ0) is 17.5. The largest absolute Gasteiger partial charge is 0.462 e. The van der Waals surface area contributed by atoms with Crippen LogP contribution in [0.25, 0.3) is 0 Å². The van der Waals surface area contributed by atoms with Crippen molar-refractivity contribution >= 4 is 23.2 Å². The van der Waals surface area contributed by atoms with Gasteiger partial charge in [0.1, 0.15) is 5.71 Å². The zero-order valence-corrected chi connectivity index (χ0v) is 14.7. The zero-order valence-electron chi connectivity index (χ0n) is 14.7. The lowest BCUT2D eigenvalue weighted by atomic mass is 9.70. The van der Waals surface area contributed by atoms with Crippen LogP contribution >= 0.6 is 0 Å². The van der Waals surface area contributed by atoms with Crippen LogP contribution in [0.3, 0.4) is 0 Å². The Balaban J connectivity index is 1.75. The number of carbonyl (C=O) groups is 2. The van der Waals surface area contributed by atoms with Crippen molar-refractivity contribution in [3.63, 3.8) is 0 Å². The summed E-state index contributed by atoms with van der Waals surface area (Å²) in [5.41, 5.74) is 4.53. The molecule has 2 saturated carbocycles. The van der Waals surface area contributed by atoms with Gasteiger partial charge in [0.2, 0.25) is 0 Å². The molecule has 5 nitrogen and oxygen atoms in total. The van der Waals surface area contributed by atoms with Gasteiger partial charge in [-0.3, -0.25) is 10.2 Å². The van der Waals surface area contributed by atoms with Crippen LogP contribution in [0.2, 0.25) is 0 Å². The Morgan fingerprint density at radius 3 is 2.50 bits per heavy atom. The maximum Gasteiger partial charge on any atom is 0.338 e. The molecule has 5 heteroatoms. The van der Waals surface area contributed by atoms with E-state index in [0.29, 0.717) is 17.9 Å². The fraction of sp³-hybridized carbons (Fsp3) is 0.526. The van der Waals surface area contributed by atoms with Crippen LogP contribution < -0.4 is 5.43 Å². The first-order chi connectivity index (χ1) is 11.3. The van der Waals surface area contributed by atoms with Crippen molar-refractivity contribution in [2.45, 2.75) is 40.5 Å². The highest BCUT2D eigenvalue weighted by molar-refractivity contribution is 6.45. The van der Waals surface area contributed by atoms with Crippen molar-refractivity contribution in [1.82, 2.24) is 0 Å². The van der Waals surface area contributed by atoms with Crippen LogP contribution in [0.5, 0.6) is 0 Å². The second kappa shape index (κ2) is 5.72. The summed E-state index contributed by atoms with van der Waals surface area (Å²) < 4.78 is 4.96. The molecule has 0 unspecified atom stereocenters. The van der Waals surface area contributed by atoms with Crippen LogP contribution in [0, 0.1) is 16.7 Å². The van der Waals surface area contributed by atoms with Gasteiger partial charge in [-0.25, -0.2) is 4.79 Å². The Kier molecular flexibility index (Phi) is 3.98. The second-order valence-electron chi connectivity index (χ2n) is 7.38. The molecule has 0 amide bonds. The summed E-state index contributed by atoms with van der Waals surface area (Å²) in [6, 6.07) is 6.91. The van der Waals surface area contributed by atoms with Gasteiger partial charge < -0.3 is 4.74 Å². The minimum Gasteiger partial charge on any atom is -0.462 e. The maximum atomic E-state index is 12.7. The number of hydrazone groups is 1. The highest BCUT2D eigenvalue weighted by atomic mass is 16.5. The number of carbonyl (C=O) groups excluding carboxylic acids is 2. The van der Waals surface area contributed by atoms with E-state index in [0.717, 1.165) is 18.5 Å². The highest BCUT2D eigenvalue weighted by Gasteiger charge is 2.65. The Hall–Kier alpha value is -2.17. The van der Waals surface area contributed by atoms with E-state index in [1.54, 1.807) is 31.2 Å². The molecule has 24 heavy (non-hydrogen) atoms. The van der Waals surface area contributed by atoms with E-state index in [9.17, 15) is 9.59 Å². The van der Waals surface area contributed by atoms with E-state index in [4.69, 9.17) is 4.74 Å². The van der Waals surface area contributed by atoms with E-state index in [-0.39, 0.29) is 28.5 Å². The molecule has 1 N–H and O–H groups in total. The molecule has 2 atom stereocenters. The lowest BCUT2D eigenvalue weighted by Crippen LogP contribution is -2.33. The van der Waals surface area contributed by atoms with Crippen LogP contribution in [0.1, 0.15) is 50.9 Å². The number of rotatable bonds is 4. The number of ketones is 1. The molecule has 0 radical (unpaired) electrons. The summed E-state index contributed by atoms with van der Waals surface area (Å²) in [7, 11) is 0. The minimum absolute atomic E-state index is 0.0433. The van der Waals surface area contributed by atoms with E-state index >= 15 is 0 Å². The lowest BCUT2D eigenvalue weighted by molar-refractivity contribution is -0.123. The van der Waals surface area contributed by atoms with Crippen molar-refractivity contribution in [2.24, 2.45) is 21.8 Å². The highest BCUT2D eigenvalue weighted by Crippen LogP contribution is 2.62. The molecule has 0 spiro atoms. The molecular formula is C19H24N2O3. The first-order valence-corrected chi connectivity index (χ1v) is 8.47. The summed E-state index contributed by atoms with van der Waals surface area (Å²) in [6.07, 6.45) is 1.95. The number of nitrogens with one attached hydrogen (secondary N) is 1. The topological polar surface area (TPSA) is 67.8 Å². The van der Waals surface area contributed by atoms with Gasteiger partial charge in [0, 0.05) is 11.3 Å². The van der Waals surface area contributed by atoms with Crippen molar-refractivity contribution in [3.8, 4) is 0 Å². The quantitative estimate of drug-likeness (QED) is 0.676. The average molecular weight is 328 g/mol. The van der Waals surface area contributed by atoms with E-state index in [1.165, 1.54) is 0 Å². The van der Waals surface area contributed by atoms with Crippen LogP contribution in [0.4, 0.5) is 5.69 Å². The fourth-order valence-corrected chi connectivity index (χ4v) is 3.97. The molecule has 2 bridgehead atoms. The summed E-state index contributed by atoms with van der Waals surface area (Å²) in [6.45, 7) is 8.52. The van der Waals surface area contributed by atoms with Gasteiger partial charge in [-0.05, 0) is 49.4 Å². The fourth-order valence-electron chi connectivity index (χ4n) is 3.97. The third-order valence-corrected chi connectivity index (χ3v) is 5.99. The van der Waals surface area contributed by atoms with Gasteiger partial charge in [0.05, 0.1) is 17.9 Å². The van der Waals surface area contributed by atoms with Crippen molar-refractivity contribution in [3.05, 3.63) is 29.8 Å². The number of esters is 1. The Bertz CT molecular complexity index is 706. The number of hydrogen-bond acceptors (Lipinski definition) is 5. The number of hydrogen-bond donors (Lipinski definition) is 1. The van der Waals surface area contributed by atoms with Gasteiger partial charge in [-0.15, -0.1) is 0 Å². The number of anilines is 1. The first-order valence-electron chi connectivity index (χ1n) is 8.47. The van der Waals surface area contributed by atoms with Crippen molar-refractivity contribution < 1.29 is 14.3 Å². The molecule has 3 rings (SSSR count). The van der Waals surface area contributed by atoms with Crippen LogP contribution in [-0.4, -0.2) is 24.1 Å². The Labute approximate surface area is 142 Å². The second-order valence-corrected chi connectivity index (χ2v) is 7.38. The molecule has 1 aromatic rings. The summed E-state index contributed by atoms with van der Waals surface area (Å²) in [5.74, 6) is 0.0361. The van der Waals surface area contributed by atoms with E-state index in [1.807, 2.05) is 0 Å². The number of benzene rings is 1. The summed E-state index contributed by atoms with van der Waals surface area (Å²) in [5, 5.41) is 4.41. The Morgan fingerprint density at radius 1 is 1.29 bits per heavy atom. The molecule has 0 aromatic heterocycles. The molecule has 2 aliphatic carbocycles.